The Bertz CT molecular complexity index is 3570. The molecular weight excluding hydrogens is 797 g/mol. The lowest BCUT2D eigenvalue weighted by molar-refractivity contribution is 1.17. The molecule has 8 heteroatoms. The van der Waals surface area contributed by atoms with Gasteiger partial charge in [0.2, 0.25) is 0 Å². The second-order valence-electron chi connectivity index (χ2n) is 15.9. The van der Waals surface area contributed by atoms with Gasteiger partial charge in [-0.05, 0) is 54.1 Å². The average molecular weight is 835 g/mol. The highest BCUT2D eigenvalue weighted by Gasteiger charge is 2.24. The van der Waals surface area contributed by atoms with Crippen molar-refractivity contribution >= 4 is 45.3 Å². The molecule has 0 spiro atoms. The average Bonchev–Trinajstić information content (AvgIpc) is 4.23. The number of hydrogen-bond acceptors (Lipinski definition) is 5. The number of nitrogens with one attached hydrogen (secondary N) is 3. The first kappa shape index (κ1) is 37.7. The van der Waals surface area contributed by atoms with Gasteiger partial charge in [-0.2, -0.15) is 0 Å². The van der Waals surface area contributed by atoms with E-state index in [1.54, 1.807) is 12.7 Å². The molecule has 0 aliphatic carbocycles. The lowest BCUT2D eigenvalue weighted by Crippen LogP contribution is -1.98. The molecule has 1 aliphatic heterocycles. The van der Waals surface area contributed by atoms with Crippen LogP contribution in [0.1, 0.15) is 11.4 Å². The van der Waals surface area contributed by atoms with Crippen LogP contribution in [0, 0.1) is 0 Å². The van der Waals surface area contributed by atoms with E-state index in [2.05, 4.69) is 136 Å². The Morgan fingerprint density at radius 3 is 0.969 bits per heavy atom. The van der Waals surface area contributed by atoms with Crippen LogP contribution in [0.2, 0.25) is 0 Å². The predicted molar refractivity (Wildman–Crippen MR) is 264 cm³/mol. The minimum Gasteiger partial charge on any atom is -0.354 e. The van der Waals surface area contributed by atoms with E-state index in [1.807, 2.05) is 78.9 Å². The zero-order chi connectivity index (χ0) is 43.1. The van der Waals surface area contributed by atoms with Crippen LogP contribution in [-0.2, 0) is 0 Å². The molecular formula is C57H38N8. The maximum atomic E-state index is 5.45. The monoisotopic (exact) mass is 834 g/mol. The molecule has 0 atom stereocenters. The van der Waals surface area contributed by atoms with Crippen molar-refractivity contribution in [1.82, 2.24) is 39.9 Å². The third-order valence-electron chi connectivity index (χ3n) is 12.0. The summed E-state index contributed by atoms with van der Waals surface area (Å²) in [5, 5.41) is 0. The van der Waals surface area contributed by atoms with Gasteiger partial charge in [0.1, 0.15) is 12.7 Å². The zero-order valence-electron chi connectivity index (χ0n) is 34.9. The van der Waals surface area contributed by atoms with Gasteiger partial charge in [-0.3, -0.25) is 0 Å². The second-order valence-corrected chi connectivity index (χ2v) is 15.9. The standard InChI is InChI=1S/C57H38N8/c1-6-16-36(17-7-1)49-43-30-32-47(64-43)50(52-54(37-18-8-2-9-19-37)58-34-59-55(52)38-20-10-3-11-21-38)45-28-26-41(62-45)42-27-29-46(63-42)51(48-33-31-44(49)65-48)53-56(39-22-12-4-13-23-39)60-35-61-57(53)40-24-14-5-15-25-40/h1-35,62,64-65H. The topological polar surface area (TPSA) is 112 Å². The SMILES string of the molecule is C1=Cc2nc1c(-c1c(-c3ccccc3)ncnc1-c1ccccc1)c1ccc([nH]1)c(-c1ccccc1)c1ccc([nH]1)c(-c1c(-c3ccccc3)ncnc1-c1ccccc1)c1ccc2[nH]1. The Labute approximate surface area is 374 Å². The van der Waals surface area contributed by atoms with Crippen molar-refractivity contribution in [3.63, 3.8) is 0 Å². The summed E-state index contributed by atoms with van der Waals surface area (Å²) >= 11 is 0. The highest BCUT2D eigenvalue weighted by molar-refractivity contribution is 6.06. The smallest absolute Gasteiger partial charge is 0.116 e. The highest BCUT2D eigenvalue weighted by Crippen LogP contribution is 2.44. The zero-order valence-corrected chi connectivity index (χ0v) is 34.9. The van der Waals surface area contributed by atoms with Crippen LogP contribution >= 0.6 is 0 Å². The number of rotatable bonds is 7. The maximum Gasteiger partial charge on any atom is 0.116 e. The van der Waals surface area contributed by atoms with Crippen molar-refractivity contribution in [2.24, 2.45) is 0 Å². The minimum absolute atomic E-state index is 0.782. The Hall–Kier alpha value is -9.01. The quantitative estimate of drug-likeness (QED) is 0.148. The number of H-pyrrole nitrogens is 3. The summed E-state index contributed by atoms with van der Waals surface area (Å²) < 4.78 is 0. The first-order chi connectivity index (χ1) is 32.2. The van der Waals surface area contributed by atoms with E-state index in [-0.39, 0.29) is 0 Å². The van der Waals surface area contributed by atoms with Crippen molar-refractivity contribution in [2.45, 2.75) is 0 Å². The van der Waals surface area contributed by atoms with Crippen LogP contribution in [0.15, 0.2) is 201 Å². The van der Waals surface area contributed by atoms with Crippen LogP contribution < -0.4 is 0 Å². The fourth-order valence-corrected chi connectivity index (χ4v) is 9.10. The van der Waals surface area contributed by atoms with E-state index < -0.39 is 0 Å². The Morgan fingerprint density at radius 2 is 0.554 bits per heavy atom. The molecule has 12 rings (SSSR count). The summed E-state index contributed by atoms with van der Waals surface area (Å²) in [7, 11) is 0. The Kier molecular flexibility index (Phi) is 9.31. The summed E-state index contributed by atoms with van der Waals surface area (Å²) in [4.78, 5) is 37.2. The molecule has 306 valence electrons. The van der Waals surface area contributed by atoms with Crippen LogP contribution in [0.5, 0.6) is 0 Å². The van der Waals surface area contributed by atoms with Gasteiger partial charge in [-0.15, -0.1) is 0 Å². The van der Waals surface area contributed by atoms with Crippen molar-refractivity contribution in [1.29, 1.82) is 0 Å². The van der Waals surface area contributed by atoms with Crippen LogP contribution in [0.25, 0.3) is 124 Å². The van der Waals surface area contributed by atoms with E-state index in [4.69, 9.17) is 24.9 Å². The number of hydrogen-bond donors (Lipinski definition) is 3. The summed E-state index contributed by atoms with van der Waals surface area (Å²) in [5.74, 6) is 0. The lowest BCUT2D eigenvalue weighted by Gasteiger charge is -2.15. The normalized spacial score (nSPS) is 11.6. The third kappa shape index (κ3) is 6.77. The molecule has 0 amide bonds. The number of nitrogens with zero attached hydrogens (tertiary/aromatic N) is 5. The summed E-state index contributed by atoms with van der Waals surface area (Å²) in [5.41, 5.74) is 19.8. The van der Waals surface area contributed by atoms with Gasteiger partial charge < -0.3 is 15.0 Å². The molecule has 3 N–H and O–H groups in total. The van der Waals surface area contributed by atoms with Gasteiger partial charge in [0, 0.05) is 77.7 Å². The van der Waals surface area contributed by atoms with E-state index in [1.165, 1.54) is 0 Å². The van der Waals surface area contributed by atoms with Crippen molar-refractivity contribution < 1.29 is 0 Å². The molecule has 0 unspecified atom stereocenters. The first-order valence-electron chi connectivity index (χ1n) is 21.6. The van der Waals surface area contributed by atoms with E-state index in [0.717, 1.165) is 123 Å². The number of benzene rings is 5. The predicted octanol–water partition coefficient (Wildman–Crippen LogP) is 13.9. The molecule has 8 nitrogen and oxygen atoms in total. The second kappa shape index (κ2) is 16.0. The molecule has 0 fully saturated rings. The molecule has 8 bridgehead atoms. The maximum absolute atomic E-state index is 5.45. The van der Waals surface area contributed by atoms with Gasteiger partial charge >= 0.3 is 0 Å². The van der Waals surface area contributed by atoms with Crippen molar-refractivity contribution in [3.8, 4) is 78.4 Å². The number of fused-ring (bicyclic) bond motifs is 9. The third-order valence-corrected chi connectivity index (χ3v) is 12.0. The minimum atomic E-state index is 0.782. The van der Waals surface area contributed by atoms with Gasteiger partial charge in [-0.25, -0.2) is 24.9 Å². The molecule has 0 saturated heterocycles. The van der Waals surface area contributed by atoms with Crippen molar-refractivity contribution in [3.05, 3.63) is 212 Å². The molecule has 1 aliphatic rings. The van der Waals surface area contributed by atoms with Crippen molar-refractivity contribution in [2.75, 3.05) is 0 Å². The Balaban J connectivity index is 1.25. The number of aromatic nitrogens is 8. The summed E-state index contributed by atoms with van der Waals surface area (Å²) in [6.45, 7) is 0. The van der Waals surface area contributed by atoms with Gasteiger partial charge in [0.05, 0.1) is 39.7 Å². The van der Waals surface area contributed by atoms with Crippen LogP contribution in [-0.4, -0.2) is 39.9 Å². The largest absolute Gasteiger partial charge is 0.354 e. The summed E-state index contributed by atoms with van der Waals surface area (Å²) in [6.07, 6.45) is 7.51. The molecule has 0 radical (unpaired) electrons. The molecule has 6 aromatic heterocycles. The lowest BCUT2D eigenvalue weighted by atomic mass is 9.93. The van der Waals surface area contributed by atoms with E-state index in [0.29, 0.717) is 0 Å². The highest BCUT2D eigenvalue weighted by atomic mass is 14.9. The Morgan fingerprint density at radius 1 is 0.246 bits per heavy atom. The van der Waals surface area contributed by atoms with Gasteiger partial charge in [0.15, 0.2) is 0 Å². The first-order valence-corrected chi connectivity index (χ1v) is 21.6. The molecule has 11 aromatic rings. The number of aromatic amines is 3. The fraction of sp³-hybridized carbons (Fsp3) is 0. The van der Waals surface area contributed by atoms with Gasteiger partial charge in [0.25, 0.3) is 0 Å². The summed E-state index contributed by atoms with van der Waals surface area (Å²) in [6, 6.07) is 64.7. The molecule has 0 saturated carbocycles. The van der Waals surface area contributed by atoms with E-state index in [9.17, 15) is 0 Å². The molecule has 5 aromatic carbocycles. The molecule has 7 heterocycles. The van der Waals surface area contributed by atoms with Crippen LogP contribution in [0.3, 0.4) is 0 Å². The fourth-order valence-electron chi connectivity index (χ4n) is 9.10. The van der Waals surface area contributed by atoms with Gasteiger partial charge in [-0.1, -0.05) is 152 Å². The van der Waals surface area contributed by atoms with Crippen LogP contribution in [0.4, 0.5) is 0 Å². The van der Waals surface area contributed by atoms with E-state index >= 15 is 0 Å². The molecule has 65 heavy (non-hydrogen) atoms.